The smallest absolute Gasteiger partial charge is 0.247 e. The molecular weight excluding hydrogens is 232 g/mol. The molecule has 0 radical (unpaired) electrons. The summed E-state index contributed by atoms with van der Waals surface area (Å²) in [5.41, 5.74) is 1.43. The minimum Gasteiger partial charge on any atom is -1.00 e. The molecule has 2 aliphatic heterocycles. The highest BCUT2D eigenvalue weighted by atomic mass is 35.5. The molecule has 0 atom stereocenters. The van der Waals surface area contributed by atoms with Crippen molar-refractivity contribution in [1.29, 1.82) is 0 Å². The lowest BCUT2D eigenvalue weighted by Crippen LogP contribution is -3.00. The van der Waals surface area contributed by atoms with Crippen LogP contribution in [0.1, 0.15) is 24.8 Å². The highest BCUT2D eigenvalue weighted by molar-refractivity contribution is 5.78. The number of rotatable bonds is 2. The van der Waals surface area contributed by atoms with Gasteiger partial charge in [0.2, 0.25) is 5.84 Å². The van der Waals surface area contributed by atoms with Crippen LogP contribution in [0.4, 0.5) is 0 Å². The maximum atomic E-state index is 2.58. The Morgan fingerprint density at radius 3 is 2.65 bits per heavy atom. The lowest BCUT2D eigenvalue weighted by Gasteiger charge is -2.23. The predicted molar refractivity (Wildman–Crippen MR) is 65.7 cm³/mol. The lowest BCUT2D eigenvalue weighted by molar-refractivity contribution is -0.530. The Bertz CT molecular complexity index is 400. The van der Waals surface area contributed by atoms with E-state index in [1.807, 2.05) is 0 Å². The van der Waals surface area contributed by atoms with Crippen molar-refractivity contribution in [2.75, 3.05) is 19.6 Å². The van der Waals surface area contributed by atoms with Crippen LogP contribution in [0.5, 0.6) is 0 Å². The summed E-state index contributed by atoms with van der Waals surface area (Å²) in [5.74, 6) is 1.59. The molecule has 2 nitrogen and oxygen atoms in total. The average Bonchev–Trinajstić information content (AvgIpc) is 2.80. The van der Waals surface area contributed by atoms with E-state index in [0.29, 0.717) is 0 Å². The second kappa shape index (κ2) is 5.54. The molecule has 17 heavy (non-hydrogen) atoms. The van der Waals surface area contributed by atoms with Gasteiger partial charge in [-0.25, -0.2) is 0 Å². The number of hydrogen-bond donors (Lipinski definition) is 0. The van der Waals surface area contributed by atoms with Crippen LogP contribution in [-0.2, 0) is 6.54 Å². The number of benzene rings is 1. The van der Waals surface area contributed by atoms with E-state index >= 15 is 0 Å². The Balaban J connectivity index is 0.00000108. The van der Waals surface area contributed by atoms with E-state index in [1.165, 1.54) is 44.5 Å². The quantitative estimate of drug-likeness (QED) is 0.617. The van der Waals surface area contributed by atoms with Crippen LogP contribution in [0.25, 0.3) is 0 Å². The van der Waals surface area contributed by atoms with E-state index < -0.39 is 0 Å². The number of nitrogens with zero attached hydrogens (tertiary/aromatic N) is 2. The average molecular weight is 251 g/mol. The van der Waals surface area contributed by atoms with E-state index in [0.717, 1.165) is 6.54 Å². The third-order valence-electron chi connectivity index (χ3n) is 3.63. The second-order valence-electron chi connectivity index (χ2n) is 4.77. The van der Waals surface area contributed by atoms with Gasteiger partial charge in [0.05, 0.1) is 26.1 Å². The van der Waals surface area contributed by atoms with E-state index in [4.69, 9.17) is 0 Å². The fraction of sp³-hybridized carbons (Fsp3) is 0.500. The van der Waals surface area contributed by atoms with Gasteiger partial charge in [-0.15, -0.1) is 0 Å². The van der Waals surface area contributed by atoms with Crippen molar-refractivity contribution in [3.05, 3.63) is 35.9 Å². The molecule has 0 N–H and O–H groups in total. The van der Waals surface area contributed by atoms with Gasteiger partial charge in [-0.05, 0) is 12.0 Å². The first-order valence-corrected chi connectivity index (χ1v) is 6.33. The zero-order chi connectivity index (χ0) is 10.8. The van der Waals surface area contributed by atoms with Gasteiger partial charge < -0.3 is 12.4 Å². The van der Waals surface area contributed by atoms with Crippen molar-refractivity contribution in [2.45, 2.75) is 25.8 Å². The summed E-state index contributed by atoms with van der Waals surface area (Å²) in [6.07, 6.45) is 3.95. The highest BCUT2D eigenvalue weighted by Crippen LogP contribution is 2.16. The van der Waals surface area contributed by atoms with E-state index in [2.05, 4.69) is 39.8 Å². The summed E-state index contributed by atoms with van der Waals surface area (Å²) in [5, 5.41) is 0. The molecule has 92 valence electrons. The Kier molecular flexibility index (Phi) is 4.06. The van der Waals surface area contributed by atoms with Gasteiger partial charge in [-0.3, -0.25) is 9.48 Å². The molecule has 0 aliphatic carbocycles. The van der Waals surface area contributed by atoms with Crippen LogP contribution in [-0.4, -0.2) is 34.9 Å². The molecule has 1 aromatic carbocycles. The molecule has 0 saturated heterocycles. The van der Waals surface area contributed by atoms with Gasteiger partial charge >= 0.3 is 0 Å². The molecular formula is C14H19ClN2. The van der Waals surface area contributed by atoms with Crippen LogP contribution in [0.15, 0.2) is 30.3 Å². The van der Waals surface area contributed by atoms with E-state index in [-0.39, 0.29) is 12.4 Å². The third-order valence-corrected chi connectivity index (χ3v) is 3.63. The predicted octanol–water partition coefficient (Wildman–Crippen LogP) is -0.899. The zero-order valence-electron chi connectivity index (χ0n) is 10.1. The minimum absolute atomic E-state index is 0. The molecule has 1 aromatic rings. The summed E-state index contributed by atoms with van der Waals surface area (Å²) in [4.78, 5) is 2.58. The summed E-state index contributed by atoms with van der Waals surface area (Å²) < 4.78 is 2.58. The topological polar surface area (TPSA) is 6.25 Å². The van der Waals surface area contributed by atoms with Gasteiger partial charge in [0, 0.05) is 6.42 Å². The largest absolute Gasteiger partial charge is 1.00 e. The van der Waals surface area contributed by atoms with Crippen molar-refractivity contribution in [3.63, 3.8) is 0 Å². The van der Waals surface area contributed by atoms with Gasteiger partial charge in [-0.1, -0.05) is 30.3 Å². The zero-order valence-corrected chi connectivity index (χ0v) is 10.9. The number of halogens is 1. The third kappa shape index (κ3) is 2.63. The molecule has 2 heterocycles. The van der Waals surface area contributed by atoms with Gasteiger partial charge in [0.15, 0.2) is 0 Å². The molecule has 0 saturated carbocycles. The van der Waals surface area contributed by atoms with Crippen LogP contribution in [0, 0.1) is 0 Å². The Hall–Kier alpha value is -1.02. The first-order valence-electron chi connectivity index (χ1n) is 6.33. The summed E-state index contributed by atoms with van der Waals surface area (Å²) in [7, 11) is 0. The lowest BCUT2D eigenvalue weighted by atomic mass is 10.2. The highest BCUT2D eigenvalue weighted by Gasteiger charge is 2.30. The van der Waals surface area contributed by atoms with Gasteiger partial charge in [0.25, 0.3) is 0 Å². The maximum absolute atomic E-state index is 2.58. The minimum atomic E-state index is 0. The van der Waals surface area contributed by atoms with Crippen LogP contribution >= 0.6 is 0 Å². The van der Waals surface area contributed by atoms with Crippen LogP contribution < -0.4 is 12.4 Å². The Labute approximate surface area is 109 Å². The van der Waals surface area contributed by atoms with E-state index in [9.17, 15) is 0 Å². The summed E-state index contributed by atoms with van der Waals surface area (Å²) >= 11 is 0. The second-order valence-corrected chi connectivity index (χ2v) is 4.77. The van der Waals surface area contributed by atoms with Crippen molar-refractivity contribution in [3.8, 4) is 0 Å². The Morgan fingerprint density at radius 1 is 1.06 bits per heavy atom. The summed E-state index contributed by atoms with van der Waals surface area (Å²) in [6, 6.07) is 10.8. The monoisotopic (exact) mass is 250 g/mol. The Morgan fingerprint density at radius 2 is 1.82 bits per heavy atom. The van der Waals surface area contributed by atoms with Gasteiger partial charge in [-0.2, -0.15) is 0 Å². The molecule has 0 unspecified atom stereocenters. The fourth-order valence-electron chi connectivity index (χ4n) is 2.87. The van der Waals surface area contributed by atoms with Crippen LogP contribution in [0.2, 0.25) is 0 Å². The standard InChI is InChI=1S/C14H19N2.ClH/c1-2-6-13(7-3-1)12-16-11-5-10-15-9-4-8-14(15)16;/h1-3,6-7H,4-5,8-12H2;1H/q+1;/p-1. The first kappa shape index (κ1) is 12.4. The molecule has 2 aliphatic rings. The normalized spacial score (nSPS) is 18.9. The molecule has 0 spiro atoms. The molecule has 3 rings (SSSR count). The summed E-state index contributed by atoms with van der Waals surface area (Å²) in [6.45, 7) is 4.88. The van der Waals surface area contributed by atoms with Gasteiger partial charge in [0.1, 0.15) is 6.54 Å². The molecule has 0 amide bonds. The maximum Gasteiger partial charge on any atom is 0.247 e. The number of amidine groups is 1. The van der Waals surface area contributed by atoms with Crippen LogP contribution in [0.3, 0.4) is 0 Å². The van der Waals surface area contributed by atoms with E-state index in [1.54, 1.807) is 5.84 Å². The van der Waals surface area contributed by atoms with Crippen molar-refractivity contribution in [2.24, 2.45) is 0 Å². The first-order chi connectivity index (χ1) is 7.93. The molecule has 3 heteroatoms. The number of hydrogen-bond acceptors (Lipinski definition) is 1. The molecule has 0 aromatic heterocycles. The van der Waals surface area contributed by atoms with Crippen molar-refractivity contribution >= 4 is 5.84 Å². The fourth-order valence-corrected chi connectivity index (χ4v) is 2.87. The van der Waals surface area contributed by atoms with Crippen molar-refractivity contribution in [1.82, 2.24) is 4.90 Å². The molecule has 0 fully saturated rings. The van der Waals surface area contributed by atoms with Crippen molar-refractivity contribution < 1.29 is 17.0 Å². The molecule has 0 bridgehead atoms. The SMILES string of the molecule is [Cl-].c1ccc(CN2CCC[N+]3=C2CCC3)cc1.